The Hall–Kier alpha value is -0.880. The first kappa shape index (κ1) is 12.6. The summed E-state index contributed by atoms with van der Waals surface area (Å²) < 4.78 is 0. The van der Waals surface area contributed by atoms with Gasteiger partial charge < -0.3 is 0 Å². The number of benzene rings is 1. The van der Waals surface area contributed by atoms with Crippen molar-refractivity contribution in [2.45, 2.75) is 17.4 Å². The summed E-state index contributed by atoms with van der Waals surface area (Å²) in [6.07, 6.45) is 4.86. The van der Waals surface area contributed by atoms with Crippen LogP contribution < -0.4 is 11.3 Å². The highest BCUT2D eigenvalue weighted by Crippen LogP contribution is 2.28. The van der Waals surface area contributed by atoms with Gasteiger partial charge in [0.05, 0.1) is 11.6 Å². The summed E-state index contributed by atoms with van der Waals surface area (Å²) >= 11 is 3.41. The number of rotatable bonds is 5. The normalized spacial score (nSPS) is 12.6. The van der Waals surface area contributed by atoms with Crippen molar-refractivity contribution in [3.05, 3.63) is 46.4 Å². The van der Waals surface area contributed by atoms with Crippen LogP contribution in [0.1, 0.15) is 16.5 Å². The summed E-state index contributed by atoms with van der Waals surface area (Å²) in [7, 11) is 0. The average Bonchev–Trinajstić information content (AvgIpc) is 2.89. The van der Waals surface area contributed by atoms with Crippen LogP contribution in [0.25, 0.3) is 0 Å². The zero-order chi connectivity index (χ0) is 12.1. The van der Waals surface area contributed by atoms with E-state index in [4.69, 9.17) is 5.84 Å². The molecule has 0 aliphatic carbocycles. The van der Waals surface area contributed by atoms with Gasteiger partial charge in [-0.3, -0.25) is 16.3 Å². The number of aromatic nitrogens is 1. The Morgan fingerprint density at radius 2 is 2.29 bits per heavy atom. The SMILES string of the molecule is CSc1ccccc1C(Cc1cncs1)NN. The van der Waals surface area contributed by atoms with Crippen molar-refractivity contribution in [3.63, 3.8) is 0 Å². The van der Waals surface area contributed by atoms with Gasteiger partial charge in [0.25, 0.3) is 0 Å². The molecule has 2 aromatic rings. The second kappa shape index (κ2) is 6.16. The molecule has 1 heterocycles. The predicted octanol–water partition coefficient (Wildman–Crippen LogP) is 2.61. The Morgan fingerprint density at radius 3 is 2.94 bits per heavy atom. The van der Waals surface area contributed by atoms with E-state index in [1.54, 1.807) is 23.1 Å². The second-order valence-corrected chi connectivity index (χ2v) is 5.45. The maximum Gasteiger partial charge on any atom is 0.0794 e. The van der Waals surface area contributed by atoms with Crippen molar-refractivity contribution in [1.29, 1.82) is 0 Å². The van der Waals surface area contributed by atoms with Crippen molar-refractivity contribution in [3.8, 4) is 0 Å². The first-order valence-corrected chi connectivity index (χ1v) is 7.42. The number of nitrogens with two attached hydrogens (primary N) is 1. The predicted molar refractivity (Wildman–Crippen MR) is 74.1 cm³/mol. The molecule has 2 rings (SSSR count). The second-order valence-electron chi connectivity index (χ2n) is 3.63. The lowest BCUT2D eigenvalue weighted by atomic mass is 10.0. The van der Waals surface area contributed by atoms with E-state index < -0.39 is 0 Å². The molecule has 3 nitrogen and oxygen atoms in total. The van der Waals surface area contributed by atoms with Crippen LogP contribution in [0.5, 0.6) is 0 Å². The van der Waals surface area contributed by atoms with Crippen molar-refractivity contribution < 1.29 is 0 Å². The molecule has 1 aromatic carbocycles. The van der Waals surface area contributed by atoms with Crippen LogP contribution in [0.2, 0.25) is 0 Å². The number of hydrogen-bond donors (Lipinski definition) is 2. The number of thiazole rings is 1. The van der Waals surface area contributed by atoms with E-state index >= 15 is 0 Å². The lowest BCUT2D eigenvalue weighted by Gasteiger charge is -2.18. The molecule has 0 bridgehead atoms. The van der Waals surface area contributed by atoms with E-state index in [0.29, 0.717) is 0 Å². The maximum atomic E-state index is 5.67. The Kier molecular flexibility index (Phi) is 4.56. The first-order chi connectivity index (χ1) is 8.35. The number of nitrogens with zero attached hydrogens (tertiary/aromatic N) is 1. The lowest BCUT2D eigenvalue weighted by molar-refractivity contribution is 0.547. The molecule has 17 heavy (non-hydrogen) atoms. The summed E-state index contributed by atoms with van der Waals surface area (Å²) in [6.45, 7) is 0. The summed E-state index contributed by atoms with van der Waals surface area (Å²) in [4.78, 5) is 6.59. The average molecular weight is 265 g/mol. The fourth-order valence-corrected chi connectivity index (χ4v) is 3.06. The molecule has 0 radical (unpaired) electrons. The molecule has 0 saturated carbocycles. The van der Waals surface area contributed by atoms with E-state index in [1.807, 2.05) is 17.8 Å². The highest BCUT2D eigenvalue weighted by molar-refractivity contribution is 7.98. The van der Waals surface area contributed by atoms with Gasteiger partial charge in [0.1, 0.15) is 0 Å². The molecule has 0 amide bonds. The maximum absolute atomic E-state index is 5.67. The van der Waals surface area contributed by atoms with Gasteiger partial charge in [-0.1, -0.05) is 18.2 Å². The topological polar surface area (TPSA) is 50.9 Å². The minimum atomic E-state index is 0.138. The third-order valence-corrected chi connectivity index (χ3v) is 4.22. The molecule has 0 saturated heterocycles. The van der Waals surface area contributed by atoms with Crippen LogP contribution >= 0.6 is 23.1 Å². The van der Waals surface area contributed by atoms with Gasteiger partial charge in [0, 0.05) is 22.4 Å². The highest BCUT2D eigenvalue weighted by Gasteiger charge is 2.14. The van der Waals surface area contributed by atoms with Gasteiger partial charge in [-0.15, -0.1) is 23.1 Å². The van der Waals surface area contributed by atoms with Crippen LogP contribution in [0.15, 0.2) is 40.9 Å². The van der Waals surface area contributed by atoms with E-state index in [9.17, 15) is 0 Å². The molecular weight excluding hydrogens is 250 g/mol. The zero-order valence-electron chi connectivity index (χ0n) is 9.59. The monoisotopic (exact) mass is 265 g/mol. The number of hydrogen-bond acceptors (Lipinski definition) is 5. The summed E-state index contributed by atoms with van der Waals surface area (Å²) in [5, 5.41) is 0. The molecular formula is C12H15N3S2. The zero-order valence-corrected chi connectivity index (χ0v) is 11.2. The van der Waals surface area contributed by atoms with Crippen LogP contribution in [0, 0.1) is 0 Å². The van der Waals surface area contributed by atoms with Gasteiger partial charge in [0.2, 0.25) is 0 Å². The number of thioether (sulfide) groups is 1. The minimum Gasteiger partial charge on any atom is -0.271 e. The van der Waals surface area contributed by atoms with Crippen molar-refractivity contribution in [1.82, 2.24) is 10.4 Å². The summed E-state index contributed by atoms with van der Waals surface area (Å²) in [6, 6.07) is 8.48. The number of nitrogens with one attached hydrogen (secondary N) is 1. The first-order valence-electron chi connectivity index (χ1n) is 5.31. The molecule has 1 unspecified atom stereocenters. The molecule has 0 spiro atoms. The van der Waals surface area contributed by atoms with Crippen molar-refractivity contribution in [2.75, 3.05) is 6.26 Å². The van der Waals surface area contributed by atoms with E-state index in [-0.39, 0.29) is 6.04 Å². The Balaban J connectivity index is 2.22. The fraction of sp³-hybridized carbons (Fsp3) is 0.250. The van der Waals surface area contributed by atoms with E-state index in [2.05, 4.69) is 34.9 Å². The molecule has 0 fully saturated rings. The molecule has 1 aromatic heterocycles. The largest absolute Gasteiger partial charge is 0.271 e. The van der Waals surface area contributed by atoms with Crippen LogP contribution in [-0.4, -0.2) is 11.2 Å². The summed E-state index contributed by atoms with van der Waals surface area (Å²) in [5.74, 6) is 5.67. The molecule has 1 atom stereocenters. The van der Waals surface area contributed by atoms with Crippen molar-refractivity contribution in [2.24, 2.45) is 5.84 Å². The van der Waals surface area contributed by atoms with E-state index in [1.165, 1.54) is 15.3 Å². The molecule has 0 aliphatic rings. The quantitative estimate of drug-likeness (QED) is 0.496. The Bertz CT molecular complexity index is 457. The molecule has 90 valence electrons. The fourth-order valence-electron chi connectivity index (χ4n) is 1.76. The van der Waals surface area contributed by atoms with Gasteiger partial charge in [0.15, 0.2) is 0 Å². The van der Waals surface area contributed by atoms with Crippen LogP contribution in [0.3, 0.4) is 0 Å². The minimum absolute atomic E-state index is 0.138. The van der Waals surface area contributed by atoms with Crippen molar-refractivity contribution >= 4 is 23.1 Å². The Labute approximate surface area is 109 Å². The highest BCUT2D eigenvalue weighted by atomic mass is 32.2. The molecule has 0 aliphatic heterocycles. The molecule has 5 heteroatoms. The van der Waals surface area contributed by atoms with E-state index in [0.717, 1.165) is 6.42 Å². The summed E-state index contributed by atoms with van der Waals surface area (Å²) in [5.41, 5.74) is 5.99. The van der Waals surface area contributed by atoms with Gasteiger partial charge in [-0.25, -0.2) is 0 Å². The van der Waals surface area contributed by atoms with Gasteiger partial charge >= 0.3 is 0 Å². The number of hydrazine groups is 1. The van der Waals surface area contributed by atoms with Crippen LogP contribution in [-0.2, 0) is 6.42 Å². The third kappa shape index (κ3) is 3.07. The van der Waals surface area contributed by atoms with Gasteiger partial charge in [-0.05, 0) is 17.9 Å². The standard InChI is InChI=1S/C12H15N3S2/c1-16-12-5-3-2-4-10(12)11(15-13)6-9-7-14-8-17-9/h2-5,7-8,11,15H,6,13H2,1H3. The lowest BCUT2D eigenvalue weighted by Crippen LogP contribution is -2.29. The third-order valence-electron chi connectivity index (χ3n) is 2.60. The molecule has 3 N–H and O–H groups in total. The van der Waals surface area contributed by atoms with Crippen LogP contribution in [0.4, 0.5) is 0 Å². The smallest absolute Gasteiger partial charge is 0.0794 e. The Morgan fingerprint density at radius 1 is 1.47 bits per heavy atom. The van der Waals surface area contributed by atoms with Gasteiger partial charge in [-0.2, -0.15) is 0 Å².